The van der Waals surface area contributed by atoms with Crippen molar-refractivity contribution in [2.45, 2.75) is 83.4 Å². The molecule has 0 bridgehead atoms. The molecule has 1 amide bonds. The van der Waals surface area contributed by atoms with Gasteiger partial charge < -0.3 is 14.1 Å². The summed E-state index contributed by atoms with van der Waals surface area (Å²) in [5, 5.41) is 0.0684. The molecule has 0 aliphatic carbocycles. The third-order valence-corrected chi connectivity index (χ3v) is 14.9. The molecule has 0 aromatic heterocycles. The lowest BCUT2D eigenvalue weighted by molar-refractivity contribution is -0.155. The number of amides is 1. The minimum Gasteiger partial charge on any atom is -0.414 e. The van der Waals surface area contributed by atoms with E-state index < -0.39 is 13.9 Å². The van der Waals surface area contributed by atoms with Gasteiger partial charge >= 0.3 is 0 Å². The number of carbonyl (C=O) groups is 1. The summed E-state index contributed by atoms with van der Waals surface area (Å²) in [5.74, 6) is 0.921. The quantitative estimate of drug-likeness (QED) is 0.145. The molecule has 5 rings (SSSR count). The topological polar surface area (TPSA) is 42.0 Å². The van der Waals surface area contributed by atoms with Crippen LogP contribution >= 0.6 is 0 Å². The van der Waals surface area contributed by atoms with E-state index in [0.29, 0.717) is 25.7 Å². The molecule has 0 radical (unpaired) electrons. The van der Waals surface area contributed by atoms with Crippen LogP contribution in [0.4, 0.5) is 0 Å². The number of hydrogen-bond acceptors (Lipinski definition) is 4. The SMILES string of the molecule is CC(C)(C)[Si](C)(C)OC[C@@]12C(=O)N(Cc3ccccc3)CC[C@@H]1[C@H](CCCOCc1ccccc1)CN2Cc1ccccc1. The number of piperidine rings is 1. The number of rotatable bonds is 13. The van der Waals surface area contributed by atoms with E-state index in [-0.39, 0.29) is 16.9 Å². The highest BCUT2D eigenvalue weighted by atomic mass is 28.4. The summed E-state index contributed by atoms with van der Waals surface area (Å²) in [6.45, 7) is 16.4. The monoisotopic (exact) mass is 612 g/mol. The second-order valence-corrected chi connectivity index (χ2v) is 19.2. The van der Waals surface area contributed by atoms with E-state index in [1.807, 2.05) is 12.1 Å². The number of benzene rings is 3. The van der Waals surface area contributed by atoms with Crippen LogP contribution in [0, 0.1) is 11.8 Å². The van der Waals surface area contributed by atoms with Gasteiger partial charge in [0.05, 0.1) is 13.2 Å². The average Bonchev–Trinajstić information content (AvgIpc) is 3.31. The highest BCUT2D eigenvalue weighted by Crippen LogP contribution is 2.49. The van der Waals surface area contributed by atoms with Crippen LogP contribution in [-0.4, -0.2) is 55.9 Å². The Balaban J connectivity index is 1.41. The van der Waals surface area contributed by atoms with Crippen molar-refractivity contribution in [1.29, 1.82) is 0 Å². The molecule has 3 atom stereocenters. The average molecular weight is 613 g/mol. The van der Waals surface area contributed by atoms with Gasteiger partial charge in [0.1, 0.15) is 5.54 Å². The van der Waals surface area contributed by atoms with E-state index in [1.165, 1.54) is 16.7 Å². The second-order valence-electron chi connectivity index (χ2n) is 14.4. The van der Waals surface area contributed by atoms with E-state index in [1.54, 1.807) is 0 Å². The molecule has 0 saturated carbocycles. The van der Waals surface area contributed by atoms with Gasteiger partial charge in [0, 0.05) is 32.8 Å². The Hall–Kier alpha value is -2.77. The summed E-state index contributed by atoms with van der Waals surface area (Å²) in [4.78, 5) is 19.6. The van der Waals surface area contributed by atoms with Crippen LogP contribution in [0.25, 0.3) is 0 Å². The van der Waals surface area contributed by atoms with Gasteiger partial charge in [0.2, 0.25) is 5.91 Å². The van der Waals surface area contributed by atoms with Crippen LogP contribution in [0.2, 0.25) is 18.1 Å². The van der Waals surface area contributed by atoms with Crippen LogP contribution in [0.15, 0.2) is 91.0 Å². The van der Waals surface area contributed by atoms with Gasteiger partial charge in [-0.3, -0.25) is 9.69 Å². The summed E-state index contributed by atoms with van der Waals surface area (Å²) in [6.07, 6.45) is 3.05. The molecular weight excluding hydrogens is 561 g/mol. The fraction of sp³-hybridized carbons (Fsp3) is 0.500. The number of ether oxygens (including phenoxy) is 1. The van der Waals surface area contributed by atoms with E-state index in [4.69, 9.17) is 9.16 Å². The summed E-state index contributed by atoms with van der Waals surface area (Å²) in [6, 6.07) is 31.5. The second kappa shape index (κ2) is 14.1. The minimum atomic E-state index is -2.11. The lowest BCUT2D eigenvalue weighted by Gasteiger charge is -2.50. The number of nitrogens with zero attached hydrogens (tertiary/aromatic N) is 2. The maximum atomic E-state index is 15.0. The van der Waals surface area contributed by atoms with E-state index in [0.717, 1.165) is 45.5 Å². The molecule has 2 aliphatic rings. The standard InChI is InChI=1S/C38H52N2O3Si/c1-37(2,3)44(4,5)43-30-38-35(23-24-39(36(38)41)26-31-16-9-6-10-17-31)34(28-40(38)27-32-18-11-7-12-19-32)22-15-25-42-29-33-20-13-8-14-21-33/h6-14,16-21,34-35H,15,22-30H2,1-5H3/t34-,35-,38+/m1/s1. The predicted octanol–water partition coefficient (Wildman–Crippen LogP) is 7.92. The molecule has 0 N–H and O–H groups in total. The Bertz CT molecular complexity index is 1330. The first kappa shape index (κ1) is 32.6. The number of fused-ring (bicyclic) bond motifs is 1. The van der Waals surface area contributed by atoms with Crippen LogP contribution in [0.3, 0.4) is 0 Å². The van der Waals surface area contributed by atoms with Gasteiger partial charge in [-0.25, -0.2) is 0 Å². The Morgan fingerprint density at radius 1 is 0.841 bits per heavy atom. The Labute approximate surface area is 266 Å². The summed E-state index contributed by atoms with van der Waals surface area (Å²) in [5.41, 5.74) is 2.96. The van der Waals surface area contributed by atoms with Crippen molar-refractivity contribution in [3.8, 4) is 0 Å². The van der Waals surface area contributed by atoms with E-state index >= 15 is 0 Å². The van der Waals surface area contributed by atoms with Crippen LogP contribution in [0.1, 0.15) is 56.7 Å². The van der Waals surface area contributed by atoms with Gasteiger partial charge in [-0.2, -0.15) is 0 Å². The molecule has 0 unspecified atom stereocenters. The third-order valence-electron chi connectivity index (χ3n) is 10.4. The zero-order valence-electron chi connectivity index (χ0n) is 27.5. The van der Waals surface area contributed by atoms with Crippen LogP contribution in [0.5, 0.6) is 0 Å². The maximum Gasteiger partial charge on any atom is 0.246 e. The van der Waals surface area contributed by atoms with Crippen molar-refractivity contribution < 1.29 is 14.0 Å². The van der Waals surface area contributed by atoms with Gasteiger partial charge in [-0.1, -0.05) is 112 Å². The first-order chi connectivity index (χ1) is 21.1. The number of carbonyl (C=O) groups excluding carboxylic acids is 1. The van der Waals surface area contributed by atoms with Gasteiger partial charge in [-0.05, 0) is 65.9 Å². The van der Waals surface area contributed by atoms with Gasteiger partial charge in [0.15, 0.2) is 8.32 Å². The van der Waals surface area contributed by atoms with Crippen molar-refractivity contribution in [2.75, 3.05) is 26.3 Å². The Morgan fingerprint density at radius 3 is 2.00 bits per heavy atom. The lowest BCUT2D eigenvalue weighted by atomic mass is 9.73. The van der Waals surface area contributed by atoms with E-state index in [2.05, 4.69) is 123 Å². The van der Waals surface area contributed by atoms with Crippen LogP contribution in [-0.2, 0) is 33.7 Å². The normalized spacial score (nSPS) is 22.8. The molecular formula is C38H52N2O3Si. The zero-order valence-corrected chi connectivity index (χ0v) is 28.5. The molecule has 3 aromatic rings. The molecule has 2 saturated heterocycles. The maximum absolute atomic E-state index is 15.0. The fourth-order valence-corrected chi connectivity index (χ4v) is 7.89. The van der Waals surface area contributed by atoms with Gasteiger partial charge in [0.25, 0.3) is 0 Å². The third kappa shape index (κ3) is 7.36. The first-order valence-corrected chi connectivity index (χ1v) is 19.4. The number of likely N-dealkylation sites (tertiary alicyclic amines) is 2. The summed E-state index contributed by atoms with van der Waals surface area (Å²) in [7, 11) is -2.11. The van der Waals surface area contributed by atoms with Crippen molar-refractivity contribution >= 4 is 14.2 Å². The van der Waals surface area contributed by atoms with Crippen molar-refractivity contribution in [2.24, 2.45) is 11.8 Å². The molecule has 5 nitrogen and oxygen atoms in total. The molecule has 0 spiro atoms. The summed E-state index contributed by atoms with van der Waals surface area (Å²) >= 11 is 0. The highest BCUT2D eigenvalue weighted by molar-refractivity contribution is 6.74. The Morgan fingerprint density at radius 2 is 1.41 bits per heavy atom. The molecule has 2 aliphatic heterocycles. The lowest BCUT2D eigenvalue weighted by Crippen LogP contribution is -2.66. The predicted molar refractivity (Wildman–Crippen MR) is 182 cm³/mol. The summed E-state index contributed by atoms with van der Waals surface area (Å²) < 4.78 is 13.1. The van der Waals surface area contributed by atoms with Crippen molar-refractivity contribution in [1.82, 2.24) is 9.80 Å². The molecule has 44 heavy (non-hydrogen) atoms. The van der Waals surface area contributed by atoms with Gasteiger partial charge in [-0.15, -0.1) is 0 Å². The fourth-order valence-electron chi connectivity index (χ4n) is 6.87. The molecule has 6 heteroatoms. The van der Waals surface area contributed by atoms with Crippen molar-refractivity contribution in [3.63, 3.8) is 0 Å². The van der Waals surface area contributed by atoms with E-state index in [9.17, 15) is 4.79 Å². The molecule has 3 aromatic carbocycles. The number of hydrogen-bond donors (Lipinski definition) is 0. The Kier molecular flexibility index (Phi) is 10.5. The van der Waals surface area contributed by atoms with Crippen molar-refractivity contribution in [3.05, 3.63) is 108 Å². The largest absolute Gasteiger partial charge is 0.414 e. The minimum absolute atomic E-state index is 0.0684. The molecule has 2 heterocycles. The highest BCUT2D eigenvalue weighted by Gasteiger charge is 2.61. The zero-order chi connectivity index (χ0) is 31.2. The molecule has 2 fully saturated rings. The smallest absolute Gasteiger partial charge is 0.246 e. The molecule has 236 valence electrons. The van der Waals surface area contributed by atoms with Crippen LogP contribution < -0.4 is 0 Å². The first-order valence-electron chi connectivity index (χ1n) is 16.5.